The van der Waals surface area contributed by atoms with E-state index in [1.807, 2.05) is 7.05 Å². The number of hydrogen-bond donors (Lipinski definition) is 2. The number of carbonyl (C=O) groups excluding carboxylic acids is 1. The zero-order valence-electron chi connectivity index (χ0n) is 14.5. The summed E-state index contributed by atoms with van der Waals surface area (Å²) in [6.07, 6.45) is 3.15. The molecule has 0 radical (unpaired) electrons. The van der Waals surface area contributed by atoms with Crippen LogP contribution in [-0.2, 0) is 14.8 Å². The lowest BCUT2D eigenvalue weighted by atomic mass is 9.93. The molecule has 1 saturated heterocycles. The molecule has 8 heteroatoms. The van der Waals surface area contributed by atoms with Crippen LogP contribution >= 0.6 is 0 Å². The Balaban J connectivity index is 1.77. The van der Waals surface area contributed by atoms with Crippen molar-refractivity contribution in [1.82, 2.24) is 14.9 Å². The minimum Gasteiger partial charge on any atom is -0.343 e. The van der Waals surface area contributed by atoms with E-state index in [2.05, 4.69) is 10.0 Å². The highest BCUT2D eigenvalue weighted by Crippen LogP contribution is 2.20. The highest BCUT2D eigenvalue weighted by Gasteiger charge is 2.23. The summed E-state index contributed by atoms with van der Waals surface area (Å²) in [4.78, 5) is 13.6. The Morgan fingerprint density at radius 3 is 2.56 bits per heavy atom. The van der Waals surface area contributed by atoms with Gasteiger partial charge in [0.2, 0.25) is 15.9 Å². The molecule has 25 heavy (non-hydrogen) atoms. The Bertz CT molecular complexity index is 673. The average molecular weight is 371 g/mol. The van der Waals surface area contributed by atoms with E-state index in [1.54, 1.807) is 4.90 Å². The summed E-state index contributed by atoms with van der Waals surface area (Å²) in [6.45, 7) is 2.38. The Morgan fingerprint density at radius 1 is 1.24 bits per heavy atom. The van der Waals surface area contributed by atoms with E-state index in [1.165, 1.54) is 18.2 Å². The maximum atomic E-state index is 13.6. The van der Waals surface area contributed by atoms with Crippen molar-refractivity contribution in [3.05, 3.63) is 30.1 Å². The molecule has 2 N–H and O–H groups in total. The van der Waals surface area contributed by atoms with Gasteiger partial charge in [-0.15, -0.1) is 0 Å². The van der Waals surface area contributed by atoms with Gasteiger partial charge in [-0.05, 0) is 50.9 Å². The lowest BCUT2D eigenvalue weighted by Gasteiger charge is -2.32. The molecule has 1 fully saturated rings. The third-order valence-corrected chi connectivity index (χ3v) is 6.02. The van der Waals surface area contributed by atoms with E-state index in [0.29, 0.717) is 19.0 Å². The largest absolute Gasteiger partial charge is 0.343 e. The molecule has 1 aromatic carbocycles. The average Bonchev–Trinajstić information content (AvgIpc) is 2.60. The van der Waals surface area contributed by atoms with Crippen LogP contribution in [0.15, 0.2) is 29.2 Å². The molecular weight excluding hydrogens is 345 g/mol. The number of hydrogen-bond acceptors (Lipinski definition) is 4. The zero-order valence-corrected chi connectivity index (χ0v) is 15.3. The Hall–Kier alpha value is -1.51. The van der Waals surface area contributed by atoms with Gasteiger partial charge in [0.05, 0.1) is 0 Å². The minimum atomic E-state index is -3.94. The lowest BCUT2D eigenvalue weighted by Crippen LogP contribution is -2.40. The van der Waals surface area contributed by atoms with Crippen LogP contribution in [0.5, 0.6) is 0 Å². The molecule has 1 heterocycles. The summed E-state index contributed by atoms with van der Waals surface area (Å²) in [5, 5.41) is 3.14. The number of piperidine rings is 1. The normalized spacial score (nSPS) is 16.2. The van der Waals surface area contributed by atoms with E-state index in [4.69, 9.17) is 0 Å². The number of halogens is 1. The van der Waals surface area contributed by atoms with Gasteiger partial charge < -0.3 is 10.2 Å². The van der Waals surface area contributed by atoms with Gasteiger partial charge in [-0.25, -0.2) is 17.5 Å². The predicted octanol–water partition coefficient (Wildman–Crippen LogP) is 1.34. The fraction of sp³-hybridized carbons (Fsp3) is 0.588. The van der Waals surface area contributed by atoms with Crippen LogP contribution in [0.4, 0.5) is 4.39 Å². The first-order valence-corrected chi connectivity index (χ1v) is 10.1. The van der Waals surface area contributed by atoms with Gasteiger partial charge in [-0.1, -0.05) is 12.1 Å². The van der Waals surface area contributed by atoms with Crippen molar-refractivity contribution in [1.29, 1.82) is 0 Å². The summed E-state index contributed by atoms with van der Waals surface area (Å²) in [7, 11) is -2.01. The maximum absolute atomic E-state index is 13.6. The number of amides is 1. The molecule has 140 valence electrons. The highest BCUT2D eigenvalue weighted by atomic mass is 32.2. The van der Waals surface area contributed by atoms with E-state index < -0.39 is 20.7 Å². The first kappa shape index (κ1) is 19.8. The number of nitrogens with one attached hydrogen (secondary N) is 2. The first-order valence-electron chi connectivity index (χ1n) is 8.60. The third kappa shape index (κ3) is 5.76. The number of sulfonamides is 1. The van der Waals surface area contributed by atoms with Crippen LogP contribution in [0.3, 0.4) is 0 Å². The molecule has 2 rings (SSSR count). The van der Waals surface area contributed by atoms with Crippen molar-refractivity contribution in [3.8, 4) is 0 Å². The molecule has 0 aliphatic carbocycles. The zero-order chi connectivity index (χ0) is 18.3. The van der Waals surface area contributed by atoms with Crippen molar-refractivity contribution in [3.63, 3.8) is 0 Å². The molecule has 0 unspecified atom stereocenters. The quantitative estimate of drug-likeness (QED) is 0.723. The van der Waals surface area contributed by atoms with Crippen LogP contribution in [0, 0.1) is 11.7 Å². The van der Waals surface area contributed by atoms with Gasteiger partial charge in [0.1, 0.15) is 10.7 Å². The van der Waals surface area contributed by atoms with Crippen molar-refractivity contribution >= 4 is 15.9 Å². The van der Waals surface area contributed by atoms with Gasteiger partial charge in [-0.2, -0.15) is 0 Å². The van der Waals surface area contributed by atoms with Crippen LogP contribution in [0.2, 0.25) is 0 Å². The lowest BCUT2D eigenvalue weighted by molar-refractivity contribution is -0.132. The second-order valence-corrected chi connectivity index (χ2v) is 8.03. The first-order chi connectivity index (χ1) is 11.9. The van der Waals surface area contributed by atoms with Crippen molar-refractivity contribution in [2.45, 2.75) is 30.6 Å². The summed E-state index contributed by atoms with van der Waals surface area (Å²) in [5.41, 5.74) is 0. The molecule has 0 aromatic heterocycles. The summed E-state index contributed by atoms with van der Waals surface area (Å²) in [5.74, 6) is -0.232. The van der Waals surface area contributed by atoms with Crippen molar-refractivity contribution < 1.29 is 17.6 Å². The fourth-order valence-electron chi connectivity index (χ4n) is 3.01. The Kier molecular flexibility index (Phi) is 7.34. The van der Waals surface area contributed by atoms with Crippen LogP contribution in [0.25, 0.3) is 0 Å². The standard InChI is InChI=1S/C17H26FN3O3S/c1-19-10-6-14-8-12-21(13-9-14)17(22)7-11-20-25(23,24)16-5-3-2-4-15(16)18/h2-5,14,19-20H,6-13H2,1H3. The van der Waals surface area contributed by atoms with E-state index >= 15 is 0 Å². The molecule has 1 aromatic rings. The van der Waals surface area contributed by atoms with Gasteiger partial charge in [0.25, 0.3) is 0 Å². The van der Waals surface area contributed by atoms with E-state index in [9.17, 15) is 17.6 Å². The monoisotopic (exact) mass is 371 g/mol. The third-order valence-electron chi connectivity index (χ3n) is 4.53. The Labute approximate surface area is 148 Å². The summed E-state index contributed by atoms with van der Waals surface area (Å²) in [6, 6.07) is 5.19. The minimum absolute atomic E-state index is 0.0326. The summed E-state index contributed by atoms with van der Waals surface area (Å²) < 4.78 is 40.0. The molecule has 0 spiro atoms. The van der Waals surface area contributed by atoms with Gasteiger partial charge >= 0.3 is 0 Å². The van der Waals surface area contributed by atoms with Crippen LogP contribution < -0.4 is 10.0 Å². The second kappa shape index (κ2) is 9.26. The van der Waals surface area contributed by atoms with Crippen LogP contribution in [-0.4, -0.2) is 52.5 Å². The van der Waals surface area contributed by atoms with E-state index in [-0.39, 0.29) is 18.9 Å². The number of nitrogens with zero attached hydrogens (tertiary/aromatic N) is 1. The molecule has 0 bridgehead atoms. The molecule has 0 atom stereocenters. The van der Waals surface area contributed by atoms with Gasteiger partial charge in [0, 0.05) is 26.1 Å². The van der Waals surface area contributed by atoms with Gasteiger partial charge in [-0.3, -0.25) is 4.79 Å². The molecule has 1 amide bonds. The van der Waals surface area contributed by atoms with Gasteiger partial charge in [0.15, 0.2) is 0 Å². The van der Waals surface area contributed by atoms with E-state index in [0.717, 1.165) is 31.9 Å². The highest BCUT2D eigenvalue weighted by molar-refractivity contribution is 7.89. The number of rotatable bonds is 8. The number of likely N-dealkylation sites (tertiary alicyclic amines) is 1. The molecule has 1 aliphatic heterocycles. The predicted molar refractivity (Wildman–Crippen MR) is 94.1 cm³/mol. The number of benzene rings is 1. The second-order valence-electron chi connectivity index (χ2n) is 6.29. The Morgan fingerprint density at radius 2 is 1.92 bits per heavy atom. The smallest absolute Gasteiger partial charge is 0.243 e. The topological polar surface area (TPSA) is 78.5 Å². The molecule has 1 aliphatic rings. The summed E-state index contributed by atoms with van der Waals surface area (Å²) >= 11 is 0. The maximum Gasteiger partial charge on any atom is 0.243 e. The SMILES string of the molecule is CNCCC1CCN(C(=O)CCNS(=O)(=O)c2ccccc2F)CC1. The molecule has 0 saturated carbocycles. The number of carbonyl (C=O) groups is 1. The van der Waals surface area contributed by atoms with Crippen molar-refractivity contribution in [2.75, 3.05) is 33.2 Å². The van der Waals surface area contributed by atoms with Crippen molar-refractivity contribution in [2.24, 2.45) is 5.92 Å². The molecule has 6 nitrogen and oxygen atoms in total. The van der Waals surface area contributed by atoms with Crippen LogP contribution in [0.1, 0.15) is 25.7 Å². The fourth-order valence-corrected chi connectivity index (χ4v) is 4.12. The molecular formula is C17H26FN3O3S.